The monoisotopic (exact) mass is 418 g/mol. The summed E-state index contributed by atoms with van der Waals surface area (Å²) in [5.74, 6) is 0.384. The predicted octanol–water partition coefficient (Wildman–Crippen LogP) is 5.36. The lowest BCUT2D eigenvalue weighted by Gasteiger charge is -2.38. The molecule has 0 unspecified atom stereocenters. The van der Waals surface area contributed by atoms with E-state index in [4.69, 9.17) is 11.6 Å². The van der Waals surface area contributed by atoms with Gasteiger partial charge in [0.2, 0.25) is 0 Å². The molecule has 1 saturated carbocycles. The smallest absolute Gasteiger partial charge is 0.292 e. The number of hydrogen-bond acceptors (Lipinski definition) is 3. The van der Waals surface area contributed by atoms with Gasteiger partial charge in [0.1, 0.15) is 4.90 Å². The van der Waals surface area contributed by atoms with Crippen LogP contribution in [0.25, 0.3) is 0 Å². The predicted molar refractivity (Wildman–Crippen MR) is 112 cm³/mol. The van der Waals surface area contributed by atoms with E-state index in [2.05, 4.69) is 0 Å². The minimum absolute atomic E-state index is 0.155. The van der Waals surface area contributed by atoms with Crippen molar-refractivity contribution in [2.24, 2.45) is 5.92 Å². The second kappa shape index (κ2) is 7.41. The molecule has 0 radical (unpaired) electrons. The normalized spacial score (nSPS) is 19.6. The first kappa shape index (κ1) is 19.3. The number of hydrogen-bond donors (Lipinski definition) is 0. The van der Waals surface area contributed by atoms with Crippen molar-refractivity contribution in [2.45, 2.75) is 43.9 Å². The van der Waals surface area contributed by atoms with Gasteiger partial charge in [-0.25, -0.2) is 13.2 Å². The minimum atomic E-state index is -4.00. The first-order chi connectivity index (χ1) is 13.4. The largest absolute Gasteiger partial charge is 0.343 e. The third-order valence-corrected chi connectivity index (χ3v) is 7.79. The average Bonchev–Trinajstić information content (AvgIpc) is 2.69. The Kier molecular flexibility index (Phi) is 5.10. The van der Waals surface area contributed by atoms with E-state index in [0.717, 1.165) is 35.6 Å². The quantitative estimate of drug-likeness (QED) is 0.673. The number of rotatable bonds is 3. The molecule has 2 amide bonds. The molecule has 0 spiro atoms. The molecule has 4 rings (SSSR count). The number of sulfonamides is 1. The van der Waals surface area contributed by atoms with Crippen molar-refractivity contribution in [1.29, 1.82) is 0 Å². The van der Waals surface area contributed by atoms with Gasteiger partial charge >= 0.3 is 6.03 Å². The van der Waals surface area contributed by atoms with Crippen molar-refractivity contribution < 1.29 is 13.2 Å². The lowest BCUT2D eigenvalue weighted by molar-refractivity contribution is 0.250. The standard InChI is InChI=1S/C21H23ClN2O3S/c1-15-11-12-17(13-18(15)22)24-21(25)23(14-16-7-3-2-4-8-16)19-9-5-6-10-20(19)28(24,26)27/h5-6,9-13,16H,2-4,7-8,14H2,1H3. The zero-order valence-corrected chi connectivity index (χ0v) is 17.3. The summed E-state index contributed by atoms with van der Waals surface area (Å²) in [5, 5.41) is 0.429. The summed E-state index contributed by atoms with van der Waals surface area (Å²) in [7, 11) is -4.00. The Balaban J connectivity index is 1.81. The van der Waals surface area contributed by atoms with Gasteiger partial charge < -0.3 is 0 Å². The molecule has 2 aromatic rings. The zero-order valence-electron chi connectivity index (χ0n) is 15.8. The van der Waals surface area contributed by atoms with E-state index >= 15 is 0 Å². The Morgan fingerprint density at radius 1 is 1.07 bits per heavy atom. The number of aryl methyl sites for hydroxylation is 1. The van der Waals surface area contributed by atoms with Crippen molar-refractivity contribution in [3.8, 4) is 0 Å². The highest BCUT2D eigenvalue weighted by Gasteiger charge is 2.43. The molecule has 0 atom stereocenters. The van der Waals surface area contributed by atoms with Crippen LogP contribution in [0.3, 0.4) is 0 Å². The third kappa shape index (κ3) is 3.29. The summed E-state index contributed by atoms with van der Waals surface area (Å²) in [6, 6.07) is 11.1. The molecule has 1 aliphatic carbocycles. The molecule has 7 heteroatoms. The number of carbonyl (C=O) groups excluding carboxylic acids is 1. The molecule has 0 saturated heterocycles. The summed E-state index contributed by atoms with van der Waals surface area (Å²) in [6.45, 7) is 2.37. The lowest BCUT2D eigenvalue weighted by atomic mass is 9.89. The summed E-state index contributed by atoms with van der Waals surface area (Å²) in [5.41, 5.74) is 1.56. The molecule has 1 fully saturated rings. The molecule has 0 N–H and O–H groups in total. The van der Waals surface area contributed by atoms with Crippen molar-refractivity contribution in [2.75, 3.05) is 15.7 Å². The molecule has 1 heterocycles. The molecule has 5 nitrogen and oxygen atoms in total. The van der Waals surface area contributed by atoms with Crippen LogP contribution in [0.15, 0.2) is 47.4 Å². The number of halogens is 1. The number of fused-ring (bicyclic) bond motifs is 1. The number of urea groups is 1. The highest BCUT2D eigenvalue weighted by Crippen LogP contribution is 2.39. The van der Waals surface area contributed by atoms with Crippen molar-refractivity contribution in [1.82, 2.24) is 0 Å². The van der Waals surface area contributed by atoms with E-state index in [1.807, 2.05) is 6.92 Å². The van der Waals surface area contributed by atoms with Gasteiger partial charge in [0.15, 0.2) is 0 Å². The molecule has 0 aromatic heterocycles. The van der Waals surface area contributed by atoms with Gasteiger partial charge in [-0.1, -0.05) is 49.1 Å². The molecule has 2 aliphatic rings. The van der Waals surface area contributed by atoms with Crippen LogP contribution in [0.1, 0.15) is 37.7 Å². The van der Waals surface area contributed by atoms with Crippen LogP contribution in [0.2, 0.25) is 5.02 Å². The maximum absolute atomic E-state index is 13.4. The van der Waals surface area contributed by atoms with Crippen LogP contribution in [0.5, 0.6) is 0 Å². The number of nitrogens with zero attached hydrogens (tertiary/aromatic N) is 2. The van der Waals surface area contributed by atoms with Gasteiger partial charge in [0.05, 0.1) is 11.4 Å². The second-order valence-corrected chi connectivity index (χ2v) is 9.73. The summed E-state index contributed by atoms with van der Waals surface area (Å²) >= 11 is 6.22. The van der Waals surface area contributed by atoms with Gasteiger partial charge in [0.25, 0.3) is 10.0 Å². The van der Waals surface area contributed by atoms with Gasteiger partial charge in [-0.05, 0) is 55.5 Å². The Labute approximate surface area is 171 Å². The highest BCUT2D eigenvalue weighted by atomic mass is 35.5. The molecule has 28 heavy (non-hydrogen) atoms. The second-order valence-electron chi connectivity index (χ2n) is 7.57. The van der Waals surface area contributed by atoms with E-state index in [-0.39, 0.29) is 10.6 Å². The van der Waals surface area contributed by atoms with E-state index in [1.165, 1.54) is 6.42 Å². The van der Waals surface area contributed by atoms with Crippen molar-refractivity contribution in [3.63, 3.8) is 0 Å². The Bertz CT molecular complexity index is 1020. The van der Waals surface area contributed by atoms with Gasteiger partial charge in [-0.15, -0.1) is 0 Å². The fourth-order valence-corrected chi connectivity index (χ4v) is 5.83. The summed E-state index contributed by atoms with van der Waals surface area (Å²) in [4.78, 5) is 15.2. The van der Waals surface area contributed by atoms with Crippen LogP contribution in [-0.2, 0) is 10.0 Å². The van der Waals surface area contributed by atoms with Gasteiger partial charge in [-0.2, -0.15) is 4.31 Å². The molecule has 1 aliphatic heterocycles. The molecule has 148 valence electrons. The Hall–Kier alpha value is -2.05. The fraction of sp³-hybridized carbons (Fsp3) is 0.381. The van der Waals surface area contributed by atoms with E-state index in [0.29, 0.717) is 23.2 Å². The lowest BCUT2D eigenvalue weighted by Crippen LogP contribution is -2.52. The highest BCUT2D eigenvalue weighted by molar-refractivity contribution is 7.94. The number of para-hydroxylation sites is 1. The summed E-state index contributed by atoms with van der Waals surface area (Å²) < 4.78 is 27.5. The van der Waals surface area contributed by atoms with E-state index in [1.54, 1.807) is 47.4 Å². The number of anilines is 2. The third-order valence-electron chi connectivity index (χ3n) is 5.63. The van der Waals surface area contributed by atoms with Crippen molar-refractivity contribution in [3.05, 3.63) is 53.1 Å². The summed E-state index contributed by atoms with van der Waals surface area (Å²) in [6.07, 6.45) is 5.67. The molecule has 0 bridgehead atoms. The van der Waals surface area contributed by atoms with Crippen LogP contribution < -0.4 is 9.21 Å². The Morgan fingerprint density at radius 2 is 1.79 bits per heavy atom. The van der Waals surface area contributed by atoms with E-state index in [9.17, 15) is 13.2 Å². The van der Waals surface area contributed by atoms with Gasteiger partial charge in [-0.3, -0.25) is 4.90 Å². The average molecular weight is 419 g/mol. The van der Waals surface area contributed by atoms with Crippen LogP contribution in [0, 0.1) is 12.8 Å². The maximum atomic E-state index is 13.4. The Morgan fingerprint density at radius 3 is 2.50 bits per heavy atom. The SMILES string of the molecule is Cc1ccc(N2C(=O)N(CC3CCCCC3)c3ccccc3S2(=O)=O)cc1Cl. The number of amides is 2. The number of carbonyl (C=O) groups is 1. The first-order valence-electron chi connectivity index (χ1n) is 9.61. The maximum Gasteiger partial charge on any atom is 0.343 e. The first-order valence-corrected chi connectivity index (χ1v) is 11.4. The van der Waals surface area contributed by atoms with Crippen LogP contribution in [0.4, 0.5) is 16.2 Å². The van der Waals surface area contributed by atoms with Gasteiger partial charge in [0, 0.05) is 11.6 Å². The zero-order chi connectivity index (χ0) is 19.9. The van der Waals surface area contributed by atoms with Crippen LogP contribution >= 0.6 is 11.6 Å². The molecule has 2 aromatic carbocycles. The topological polar surface area (TPSA) is 57.7 Å². The number of benzene rings is 2. The van der Waals surface area contributed by atoms with Crippen molar-refractivity contribution >= 4 is 39.0 Å². The molecular formula is C21H23ClN2O3S. The van der Waals surface area contributed by atoms with Crippen LogP contribution in [-0.4, -0.2) is 21.0 Å². The fourth-order valence-electron chi connectivity index (χ4n) is 4.07. The van der Waals surface area contributed by atoms with E-state index < -0.39 is 16.1 Å². The minimum Gasteiger partial charge on any atom is -0.292 e. The molecular weight excluding hydrogens is 396 g/mol.